The van der Waals surface area contributed by atoms with Crippen LogP contribution in [0.5, 0.6) is 0 Å². The molecule has 8 heteroatoms. The molecule has 29 heavy (non-hydrogen) atoms. The molecule has 1 aromatic carbocycles. The lowest BCUT2D eigenvalue weighted by Crippen LogP contribution is -2.56. The summed E-state index contributed by atoms with van der Waals surface area (Å²) in [5.74, 6) is -0.170. The predicted molar refractivity (Wildman–Crippen MR) is 130 cm³/mol. The molecule has 0 aliphatic heterocycles. The van der Waals surface area contributed by atoms with Crippen LogP contribution in [0.2, 0.25) is 0 Å². The number of carbonyl (C=O) groups is 1. The number of rotatable bonds is 11. The first-order valence-corrected chi connectivity index (χ1v) is 11.7. The van der Waals surface area contributed by atoms with Gasteiger partial charge in [-0.25, -0.2) is 0 Å². The Labute approximate surface area is 195 Å². The van der Waals surface area contributed by atoms with E-state index in [1.54, 1.807) is 0 Å². The van der Waals surface area contributed by atoms with Crippen molar-refractivity contribution >= 4 is 63.7 Å². The Morgan fingerprint density at radius 1 is 1.03 bits per heavy atom. The highest BCUT2D eigenvalue weighted by Crippen LogP contribution is 2.29. The molecule has 0 radical (unpaired) electrons. The lowest BCUT2D eigenvalue weighted by atomic mass is 10.1. The van der Waals surface area contributed by atoms with Gasteiger partial charge in [0.1, 0.15) is 6.17 Å². The Hall–Kier alpha value is -0.750. The number of amides is 1. The molecule has 0 bridgehead atoms. The van der Waals surface area contributed by atoms with Crippen LogP contribution in [0.25, 0.3) is 0 Å². The second-order valence-electron chi connectivity index (χ2n) is 7.33. The quantitative estimate of drug-likeness (QED) is 0.146. The maximum atomic E-state index is 12.3. The molecule has 4 nitrogen and oxygen atoms in total. The molecule has 1 amide bonds. The largest absolute Gasteiger partial charge is 0.339 e. The third kappa shape index (κ3) is 11.3. The summed E-state index contributed by atoms with van der Waals surface area (Å²) in [5, 5.41) is 8.98. The van der Waals surface area contributed by atoms with Crippen LogP contribution in [0.1, 0.15) is 69.4 Å². The van der Waals surface area contributed by atoms with Crippen LogP contribution in [-0.4, -0.2) is 21.0 Å². The average molecular weight is 481 g/mol. The van der Waals surface area contributed by atoms with Crippen molar-refractivity contribution < 1.29 is 4.79 Å². The minimum absolute atomic E-state index is 0.170. The summed E-state index contributed by atoms with van der Waals surface area (Å²) < 4.78 is -1.75. The summed E-state index contributed by atoms with van der Waals surface area (Å²) in [5.41, 5.74) is 3.05. The van der Waals surface area contributed by atoms with Gasteiger partial charge in [0.05, 0.1) is 0 Å². The molecule has 0 aliphatic carbocycles. The second-order valence-corrected chi connectivity index (χ2v) is 10.1. The third-order valence-corrected chi connectivity index (χ3v) is 5.42. The minimum Gasteiger partial charge on any atom is -0.339 e. The smallest absolute Gasteiger partial charge is 0.228 e. The molecular formula is C21H32Cl3N3OS. The Bertz CT molecular complexity index is 665. The van der Waals surface area contributed by atoms with Crippen molar-refractivity contribution in [3.63, 3.8) is 0 Å². The SMILES string of the molecule is CCCCCCCCCC(=O)N[C@H](NC(=S)Nc1ccc(C)cc1C)C(Cl)(Cl)Cl. The Morgan fingerprint density at radius 3 is 2.24 bits per heavy atom. The second kappa shape index (κ2) is 13.5. The van der Waals surface area contributed by atoms with E-state index in [4.69, 9.17) is 47.0 Å². The van der Waals surface area contributed by atoms with Crippen LogP contribution in [0.15, 0.2) is 18.2 Å². The molecule has 0 aliphatic rings. The summed E-state index contributed by atoms with van der Waals surface area (Å²) in [6.45, 7) is 6.20. The fraction of sp³-hybridized carbons (Fsp3) is 0.619. The highest BCUT2D eigenvalue weighted by Gasteiger charge is 2.34. The number of hydrogen-bond donors (Lipinski definition) is 3. The number of aryl methyl sites for hydroxylation is 2. The molecule has 0 heterocycles. The number of hydrogen-bond acceptors (Lipinski definition) is 2. The Balaban J connectivity index is 2.49. The van der Waals surface area contributed by atoms with Crippen LogP contribution in [0.4, 0.5) is 5.69 Å². The molecule has 0 aromatic heterocycles. The maximum Gasteiger partial charge on any atom is 0.228 e. The van der Waals surface area contributed by atoms with Gasteiger partial charge in [0.2, 0.25) is 9.70 Å². The highest BCUT2D eigenvalue weighted by atomic mass is 35.6. The monoisotopic (exact) mass is 479 g/mol. The molecule has 0 spiro atoms. The number of nitrogens with one attached hydrogen (secondary N) is 3. The van der Waals surface area contributed by atoms with E-state index in [1.165, 1.54) is 25.7 Å². The molecule has 0 fully saturated rings. The number of carbonyl (C=O) groups excluding carboxylic acids is 1. The standard InChI is InChI=1S/C21H32Cl3N3OS/c1-4-5-6-7-8-9-10-11-18(28)26-19(21(22,23)24)27-20(29)25-17-13-12-15(2)14-16(17)3/h12-14,19H,4-11H2,1-3H3,(H,26,28)(H2,25,27,29)/t19-/m1/s1. The first kappa shape index (κ1) is 26.3. The van der Waals surface area contributed by atoms with Crippen LogP contribution in [0, 0.1) is 13.8 Å². The first-order valence-electron chi connectivity index (χ1n) is 10.1. The number of halogens is 3. The van der Waals surface area contributed by atoms with E-state index in [0.29, 0.717) is 6.42 Å². The zero-order valence-electron chi connectivity index (χ0n) is 17.4. The Morgan fingerprint density at radius 2 is 1.66 bits per heavy atom. The molecular weight excluding hydrogens is 449 g/mol. The van der Waals surface area contributed by atoms with E-state index in [2.05, 4.69) is 22.9 Å². The van der Waals surface area contributed by atoms with Gasteiger partial charge in [0.25, 0.3) is 0 Å². The van der Waals surface area contributed by atoms with Gasteiger partial charge in [-0.2, -0.15) is 0 Å². The highest BCUT2D eigenvalue weighted by molar-refractivity contribution is 7.80. The fourth-order valence-electron chi connectivity index (χ4n) is 2.92. The third-order valence-electron chi connectivity index (χ3n) is 4.55. The lowest BCUT2D eigenvalue weighted by molar-refractivity contribution is -0.122. The number of anilines is 1. The zero-order chi connectivity index (χ0) is 21.9. The minimum atomic E-state index is -1.75. The summed E-state index contributed by atoms with van der Waals surface area (Å²) in [4.78, 5) is 12.3. The van der Waals surface area contributed by atoms with Gasteiger partial charge in [-0.05, 0) is 44.1 Å². The summed E-state index contributed by atoms with van der Waals surface area (Å²) >= 11 is 23.5. The Kier molecular flexibility index (Phi) is 12.3. The molecule has 1 aromatic rings. The van der Waals surface area contributed by atoms with Crippen molar-refractivity contribution in [2.24, 2.45) is 0 Å². The van der Waals surface area contributed by atoms with Crippen LogP contribution in [-0.2, 0) is 4.79 Å². The number of unbranched alkanes of at least 4 members (excludes halogenated alkanes) is 6. The topological polar surface area (TPSA) is 53.2 Å². The van der Waals surface area contributed by atoms with Crippen LogP contribution in [0.3, 0.4) is 0 Å². The van der Waals surface area contributed by atoms with E-state index in [1.807, 2.05) is 32.0 Å². The number of alkyl halides is 3. The van der Waals surface area contributed by atoms with Crippen molar-refractivity contribution in [2.75, 3.05) is 5.32 Å². The van der Waals surface area contributed by atoms with Crippen molar-refractivity contribution in [2.45, 2.75) is 82.1 Å². The van der Waals surface area contributed by atoms with E-state index in [0.717, 1.165) is 36.1 Å². The molecule has 0 saturated heterocycles. The van der Waals surface area contributed by atoms with E-state index in [-0.39, 0.29) is 11.0 Å². The molecule has 1 rings (SSSR count). The lowest BCUT2D eigenvalue weighted by Gasteiger charge is -2.28. The van der Waals surface area contributed by atoms with Crippen LogP contribution < -0.4 is 16.0 Å². The summed E-state index contributed by atoms with van der Waals surface area (Å²) in [6, 6.07) is 5.96. The van der Waals surface area contributed by atoms with E-state index >= 15 is 0 Å². The van der Waals surface area contributed by atoms with E-state index in [9.17, 15) is 4.79 Å². The average Bonchev–Trinajstić information content (AvgIpc) is 2.62. The molecule has 3 N–H and O–H groups in total. The molecule has 164 valence electrons. The maximum absolute atomic E-state index is 12.3. The molecule has 1 atom stereocenters. The van der Waals surface area contributed by atoms with Gasteiger partial charge in [-0.15, -0.1) is 0 Å². The van der Waals surface area contributed by atoms with Crippen molar-refractivity contribution in [1.82, 2.24) is 10.6 Å². The van der Waals surface area contributed by atoms with Gasteiger partial charge in [-0.3, -0.25) is 4.79 Å². The van der Waals surface area contributed by atoms with E-state index < -0.39 is 9.96 Å². The zero-order valence-corrected chi connectivity index (χ0v) is 20.5. The van der Waals surface area contributed by atoms with Gasteiger partial charge >= 0.3 is 0 Å². The molecule has 0 unspecified atom stereocenters. The number of benzene rings is 1. The normalized spacial score (nSPS) is 12.3. The van der Waals surface area contributed by atoms with Gasteiger partial charge < -0.3 is 16.0 Å². The number of thiocarbonyl (C=S) groups is 1. The fourth-order valence-corrected chi connectivity index (χ4v) is 3.47. The van der Waals surface area contributed by atoms with Gasteiger partial charge in [0.15, 0.2) is 5.11 Å². The molecule has 0 saturated carbocycles. The van der Waals surface area contributed by atoms with Crippen molar-refractivity contribution in [3.8, 4) is 0 Å². The van der Waals surface area contributed by atoms with Crippen molar-refractivity contribution in [3.05, 3.63) is 29.3 Å². The van der Waals surface area contributed by atoms with Gasteiger partial charge in [-0.1, -0.05) is 97.9 Å². The summed E-state index contributed by atoms with van der Waals surface area (Å²) in [7, 11) is 0. The predicted octanol–water partition coefficient (Wildman–Crippen LogP) is 6.54. The van der Waals surface area contributed by atoms with Gasteiger partial charge in [0, 0.05) is 12.1 Å². The first-order chi connectivity index (χ1) is 13.6. The summed E-state index contributed by atoms with van der Waals surface area (Å²) in [6.07, 6.45) is 7.41. The van der Waals surface area contributed by atoms with Crippen LogP contribution >= 0.6 is 47.0 Å². The van der Waals surface area contributed by atoms with Crippen molar-refractivity contribution in [1.29, 1.82) is 0 Å².